The van der Waals surface area contributed by atoms with E-state index < -0.39 is 0 Å². The first-order chi connectivity index (χ1) is 13.2. The molecule has 0 aliphatic heterocycles. The summed E-state index contributed by atoms with van der Waals surface area (Å²) < 4.78 is 1.66. The van der Waals surface area contributed by atoms with Crippen LogP contribution in [0, 0.1) is 6.92 Å². The second-order valence-corrected chi connectivity index (χ2v) is 7.29. The minimum Gasteiger partial charge on any atom is -0.325 e. The van der Waals surface area contributed by atoms with Crippen molar-refractivity contribution in [2.24, 2.45) is 0 Å². The van der Waals surface area contributed by atoms with Crippen LogP contribution in [0.1, 0.15) is 30.9 Å². The number of unbranched alkanes of at least 4 members (excludes halogenated alkanes) is 1. The van der Waals surface area contributed by atoms with Gasteiger partial charge in [-0.15, -0.1) is 5.10 Å². The van der Waals surface area contributed by atoms with Gasteiger partial charge >= 0.3 is 0 Å². The van der Waals surface area contributed by atoms with Gasteiger partial charge in [-0.2, -0.15) is 4.68 Å². The van der Waals surface area contributed by atoms with E-state index in [-0.39, 0.29) is 11.7 Å². The third-order valence-corrected chi connectivity index (χ3v) is 4.99. The maximum absolute atomic E-state index is 12.2. The quantitative estimate of drug-likeness (QED) is 0.596. The molecule has 7 heteroatoms. The fourth-order valence-corrected chi connectivity index (χ4v) is 3.36. The number of anilines is 1. The van der Waals surface area contributed by atoms with E-state index in [9.17, 15) is 4.79 Å². The number of carbonyl (C=O) groups excluding carboxylic acids is 1. The fourth-order valence-electron chi connectivity index (χ4n) is 2.67. The molecule has 0 saturated heterocycles. The van der Waals surface area contributed by atoms with Gasteiger partial charge in [0.25, 0.3) is 0 Å². The number of nitrogens with one attached hydrogen (secondary N) is 1. The highest BCUT2D eigenvalue weighted by Crippen LogP contribution is 2.19. The molecule has 27 heavy (non-hydrogen) atoms. The van der Waals surface area contributed by atoms with Crippen molar-refractivity contribution < 1.29 is 4.79 Å². The molecule has 0 aliphatic rings. The van der Waals surface area contributed by atoms with Crippen LogP contribution in [0.3, 0.4) is 0 Å². The van der Waals surface area contributed by atoms with Crippen LogP contribution in [0.2, 0.25) is 0 Å². The molecule has 1 heterocycles. The van der Waals surface area contributed by atoms with Gasteiger partial charge in [-0.05, 0) is 65.6 Å². The summed E-state index contributed by atoms with van der Waals surface area (Å²) in [6.07, 6.45) is 3.44. The minimum atomic E-state index is -0.0879. The highest BCUT2D eigenvalue weighted by molar-refractivity contribution is 7.99. The zero-order chi connectivity index (χ0) is 19.1. The van der Waals surface area contributed by atoms with Crippen molar-refractivity contribution in [2.45, 2.75) is 38.3 Å². The van der Waals surface area contributed by atoms with E-state index in [0.29, 0.717) is 5.16 Å². The molecule has 2 aromatic carbocycles. The summed E-state index contributed by atoms with van der Waals surface area (Å²) in [7, 11) is 0. The van der Waals surface area contributed by atoms with Gasteiger partial charge in [0.05, 0.1) is 11.4 Å². The number of hydrogen-bond donors (Lipinski definition) is 1. The van der Waals surface area contributed by atoms with E-state index in [0.717, 1.165) is 23.4 Å². The van der Waals surface area contributed by atoms with Crippen molar-refractivity contribution >= 4 is 23.4 Å². The van der Waals surface area contributed by atoms with Crippen molar-refractivity contribution in [1.82, 2.24) is 20.2 Å². The van der Waals surface area contributed by atoms with E-state index in [4.69, 9.17) is 0 Å². The molecular formula is C20H23N5OS. The first-order valence-corrected chi connectivity index (χ1v) is 10.0. The van der Waals surface area contributed by atoms with Crippen molar-refractivity contribution in [3.8, 4) is 5.69 Å². The predicted molar refractivity (Wildman–Crippen MR) is 108 cm³/mol. The summed E-state index contributed by atoms with van der Waals surface area (Å²) in [5, 5.41) is 15.3. The van der Waals surface area contributed by atoms with Gasteiger partial charge in [-0.1, -0.05) is 49.4 Å². The summed E-state index contributed by atoms with van der Waals surface area (Å²) in [5.41, 5.74) is 4.09. The van der Waals surface area contributed by atoms with Crippen LogP contribution in [0.4, 0.5) is 5.69 Å². The molecule has 140 valence electrons. The van der Waals surface area contributed by atoms with Gasteiger partial charge in [-0.3, -0.25) is 4.79 Å². The van der Waals surface area contributed by atoms with Gasteiger partial charge in [0.1, 0.15) is 0 Å². The molecule has 0 aliphatic carbocycles. The minimum absolute atomic E-state index is 0.0879. The second kappa shape index (κ2) is 9.32. The largest absolute Gasteiger partial charge is 0.325 e. The molecule has 0 atom stereocenters. The zero-order valence-electron chi connectivity index (χ0n) is 15.6. The van der Waals surface area contributed by atoms with Crippen LogP contribution in [0.15, 0.2) is 53.7 Å². The van der Waals surface area contributed by atoms with Crippen molar-refractivity contribution in [2.75, 3.05) is 11.1 Å². The van der Waals surface area contributed by atoms with Gasteiger partial charge in [0.2, 0.25) is 11.1 Å². The van der Waals surface area contributed by atoms with E-state index >= 15 is 0 Å². The number of nitrogens with zero attached hydrogens (tertiary/aromatic N) is 4. The number of aromatic nitrogens is 4. The first kappa shape index (κ1) is 19.1. The lowest BCUT2D eigenvalue weighted by Gasteiger charge is -2.07. The Hall–Kier alpha value is -2.67. The lowest BCUT2D eigenvalue weighted by Crippen LogP contribution is -2.14. The number of carbonyl (C=O) groups is 1. The molecule has 3 rings (SSSR count). The van der Waals surface area contributed by atoms with Gasteiger partial charge in [0, 0.05) is 5.69 Å². The number of amides is 1. The van der Waals surface area contributed by atoms with Crippen molar-refractivity contribution in [3.05, 3.63) is 59.7 Å². The SMILES string of the molecule is CCCCc1ccc(-n2nnnc2SCC(=O)Nc2cccc(C)c2)cc1. The molecule has 0 bridgehead atoms. The lowest BCUT2D eigenvalue weighted by atomic mass is 10.1. The maximum atomic E-state index is 12.2. The van der Waals surface area contributed by atoms with E-state index in [2.05, 4.69) is 39.9 Å². The molecule has 1 N–H and O–H groups in total. The Balaban J connectivity index is 1.60. The molecular weight excluding hydrogens is 358 g/mol. The maximum Gasteiger partial charge on any atom is 0.234 e. The lowest BCUT2D eigenvalue weighted by molar-refractivity contribution is -0.113. The number of tetrazole rings is 1. The average molecular weight is 382 g/mol. The topological polar surface area (TPSA) is 72.7 Å². The molecule has 0 unspecified atom stereocenters. The van der Waals surface area contributed by atoms with Gasteiger partial charge in [0.15, 0.2) is 0 Å². The van der Waals surface area contributed by atoms with Crippen LogP contribution in [-0.4, -0.2) is 31.9 Å². The van der Waals surface area contributed by atoms with Crippen LogP contribution in [0.25, 0.3) is 5.69 Å². The number of aryl methyl sites for hydroxylation is 2. The summed E-state index contributed by atoms with van der Waals surface area (Å²) in [6, 6.07) is 16.0. The molecule has 3 aromatic rings. The Labute approximate surface area is 163 Å². The Bertz CT molecular complexity index is 891. The standard InChI is InChI=1S/C20H23N5OS/c1-3-4-7-16-9-11-18(12-10-16)25-20(22-23-24-25)27-14-19(26)21-17-8-5-6-15(2)13-17/h5-6,8-13H,3-4,7,14H2,1-2H3,(H,21,26). The molecule has 6 nitrogen and oxygen atoms in total. The van der Waals surface area contributed by atoms with E-state index in [1.165, 1.54) is 30.2 Å². The highest BCUT2D eigenvalue weighted by Gasteiger charge is 2.12. The Morgan fingerprint density at radius 1 is 1.19 bits per heavy atom. The molecule has 1 amide bonds. The Morgan fingerprint density at radius 3 is 2.74 bits per heavy atom. The smallest absolute Gasteiger partial charge is 0.234 e. The van der Waals surface area contributed by atoms with E-state index in [1.807, 2.05) is 43.3 Å². The Kier molecular flexibility index (Phi) is 6.59. The number of rotatable bonds is 8. The van der Waals surface area contributed by atoms with Gasteiger partial charge in [-0.25, -0.2) is 0 Å². The fraction of sp³-hybridized carbons (Fsp3) is 0.300. The summed E-state index contributed by atoms with van der Waals surface area (Å²) in [4.78, 5) is 12.2. The molecule has 0 saturated carbocycles. The van der Waals surface area contributed by atoms with Crippen LogP contribution >= 0.6 is 11.8 Å². The summed E-state index contributed by atoms with van der Waals surface area (Å²) >= 11 is 1.31. The Morgan fingerprint density at radius 2 is 2.00 bits per heavy atom. The number of benzene rings is 2. The zero-order valence-corrected chi connectivity index (χ0v) is 16.4. The molecule has 1 aromatic heterocycles. The second-order valence-electron chi connectivity index (χ2n) is 6.35. The van der Waals surface area contributed by atoms with Crippen LogP contribution in [0.5, 0.6) is 0 Å². The summed E-state index contributed by atoms with van der Waals surface area (Å²) in [5.74, 6) is 0.151. The van der Waals surface area contributed by atoms with Crippen molar-refractivity contribution in [1.29, 1.82) is 0 Å². The monoisotopic (exact) mass is 381 g/mol. The third kappa shape index (κ3) is 5.40. The first-order valence-electron chi connectivity index (χ1n) is 9.02. The third-order valence-electron chi connectivity index (χ3n) is 4.08. The molecule has 0 fully saturated rings. The molecule has 0 spiro atoms. The van der Waals surface area contributed by atoms with E-state index in [1.54, 1.807) is 4.68 Å². The predicted octanol–water partition coefficient (Wildman–Crippen LogP) is 4.04. The molecule has 0 radical (unpaired) electrons. The van der Waals surface area contributed by atoms with Crippen molar-refractivity contribution in [3.63, 3.8) is 0 Å². The van der Waals surface area contributed by atoms with Crippen LogP contribution < -0.4 is 5.32 Å². The summed E-state index contributed by atoms with van der Waals surface area (Å²) in [6.45, 7) is 4.18. The average Bonchev–Trinajstić information content (AvgIpc) is 3.14. The highest BCUT2D eigenvalue weighted by atomic mass is 32.2. The number of hydrogen-bond acceptors (Lipinski definition) is 5. The normalized spacial score (nSPS) is 10.7. The van der Waals surface area contributed by atoms with Gasteiger partial charge < -0.3 is 5.32 Å². The van der Waals surface area contributed by atoms with Crippen LogP contribution in [-0.2, 0) is 11.2 Å². The number of thioether (sulfide) groups is 1.